The van der Waals surface area contributed by atoms with Crippen LogP contribution in [0.15, 0.2) is 18.2 Å². The molecule has 0 aliphatic carbocycles. The van der Waals surface area contributed by atoms with Gasteiger partial charge in [-0.1, -0.05) is 39.8 Å². The molecule has 1 aromatic rings. The molecule has 1 rings (SSSR count). The lowest BCUT2D eigenvalue weighted by atomic mass is 9.85. The summed E-state index contributed by atoms with van der Waals surface area (Å²) in [5.41, 5.74) is 2.45. The van der Waals surface area contributed by atoms with Gasteiger partial charge in [0.15, 0.2) is 0 Å². The van der Waals surface area contributed by atoms with Crippen LogP contribution < -0.4 is 4.74 Å². The molecule has 0 aliphatic heterocycles. The molecule has 0 aliphatic rings. The van der Waals surface area contributed by atoms with Crippen molar-refractivity contribution in [3.8, 4) is 5.75 Å². The Kier molecular flexibility index (Phi) is 6.69. The fraction of sp³-hybridized carbons (Fsp3) is 0.667. The Bertz CT molecular complexity index is 433. The van der Waals surface area contributed by atoms with E-state index in [0.717, 1.165) is 17.7 Å². The van der Waals surface area contributed by atoms with Crippen molar-refractivity contribution in [2.45, 2.75) is 71.5 Å². The lowest BCUT2D eigenvalue weighted by molar-refractivity contribution is 0.0264. The standard InChI is InChI=1S/C18H30O3/c1-6-11-21-17-10-8-15(18(3,4)5)12-14(17)7-9-16(20)13(2)19/h8,10,12-13,16,19-20H,6-7,9,11H2,1-5H3. The van der Waals surface area contributed by atoms with Gasteiger partial charge in [0.2, 0.25) is 0 Å². The molecule has 3 nitrogen and oxygen atoms in total. The zero-order chi connectivity index (χ0) is 16.0. The van der Waals surface area contributed by atoms with E-state index in [-0.39, 0.29) is 5.41 Å². The van der Waals surface area contributed by atoms with Crippen molar-refractivity contribution < 1.29 is 14.9 Å². The smallest absolute Gasteiger partial charge is 0.122 e. The number of aliphatic hydroxyl groups excluding tert-OH is 2. The van der Waals surface area contributed by atoms with Gasteiger partial charge in [-0.3, -0.25) is 0 Å². The highest BCUT2D eigenvalue weighted by molar-refractivity contribution is 5.40. The summed E-state index contributed by atoms with van der Waals surface area (Å²) < 4.78 is 5.80. The minimum absolute atomic E-state index is 0.0842. The Morgan fingerprint density at radius 1 is 1.19 bits per heavy atom. The summed E-state index contributed by atoms with van der Waals surface area (Å²) in [6, 6.07) is 6.31. The van der Waals surface area contributed by atoms with Crippen molar-refractivity contribution in [1.82, 2.24) is 0 Å². The van der Waals surface area contributed by atoms with Gasteiger partial charge in [0.1, 0.15) is 5.75 Å². The maximum atomic E-state index is 9.79. The van der Waals surface area contributed by atoms with Gasteiger partial charge >= 0.3 is 0 Å². The Morgan fingerprint density at radius 2 is 1.86 bits per heavy atom. The van der Waals surface area contributed by atoms with Crippen molar-refractivity contribution in [3.05, 3.63) is 29.3 Å². The van der Waals surface area contributed by atoms with E-state index >= 15 is 0 Å². The normalized spacial score (nSPS) is 14.8. The monoisotopic (exact) mass is 294 g/mol. The van der Waals surface area contributed by atoms with Crippen LogP contribution in [0, 0.1) is 0 Å². The molecule has 0 radical (unpaired) electrons. The van der Waals surface area contributed by atoms with Crippen LogP contribution in [0.4, 0.5) is 0 Å². The molecular weight excluding hydrogens is 264 g/mol. The molecule has 0 heterocycles. The van der Waals surface area contributed by atoms with Crippen LogP contribution >= 0.6 is 0 Å². The quantitative estimate of drug-likeness (QED) is 0.810. The number of aliphatic hydroxyl groups is 2. The molecule has 2 atom stereocenters. The van der Waals surface area contributed by atoms with E-state index in [9.17, 15) is 10.2 Å². The molecule has 3 heteroatoms. The average molecular weight is 294 g/mol. The highest BCUT2D eigenvalue weighted by Gasteiger charge is 2.17. The van der Waals surface area contributed by atoms with Gasteiger partial charge in [-0.05, 0) is 48.8 Å². The van der Waals surface area contributed by atoms with E-state index < -0.39 is 12.2 Å². The molecule has 2 N–H and O–H groups in total. The molecule has 0 aromatic heterocycles. The number of aryl methyl sites for hydroxylation is 1. The second-order valence-corrected chi connectivity index (χ2v) is 6.77. The predicted octanol–water partition coefficient (Wildman–Crippen LogP) is 3.45. The zero-order valence-electron chi connectivity index (χ0n) is 14.0. The zero-order valence-corrected chi connectivity index (χ0v) is 14.0. The molecule has 1 aromatic carbocycles. The van der Waals surface area contributed by atoms with Gasteiger partial charge in [0.05, 0.1) is 18.8 Å². The number of hydrogen-bond donors (Lipinski definition) is 2. The number of benzene rings is 1. The first kappa shape index (κ1) is 18.0. The van der Waals surface area contributed by atoms with Crippen molar-refractivity contribution in [1.29, 1.82) is 0 Å². The Morgan fingerprint density at radius 3 is 2.38 bits per heavy atom. The number of ether oxygens (including phenoxy) is 1. The van der Waals surface area contributed by atoms with E-state index in [1.807, 2.05) is 6.07 Å². The Balaban J connectivity index is 2.93. The molecule has 2 unspecified atom stereocenters. The van der Waals surface area contributed by atoms with Gasteiger partial charge in [0, 0.05) is 0 Å². The fourth-order valence-corrected chi connectivity index (χ4v) is 2.14. The second-order valence-electron chi connectivity index (χ2n) is 6.77. The third-order valence-corrected chi connectivity index (χ3v) is 3.65. The van der Waals surface area contributed by atoms with Crippen LogP contribution in [0.3, 0.4) is 0 Å². The van der Waals surface area contributed by atoms with Crippen LogP contribution in [0.25, 0.3) is 0 Å². The van der Waals surface area contributed by atoms with Crippen LogP contribution in [0.5, 0.6) is 5.75 Å². The summed E-state index contributed by atoms with van der Waals surface area (Å²) in [5.74, 6) is 0.891. The number of rotatable bonds is 7. The molecule has 120 valence electrons. The molecule has 0 bridgehead atoms. The van der Waals surface area contributed by atoms with Gasteiger partial charge in [-0.15, -0.1) is 0 Å². The maximum Gasteiger partial charge on any atom is 0.122 e. The van der Waals surface area contributed by atoms with Gasteiger partial charge in [-0.25, -0.2) is 0 Å². The van der Waals surface area contributed by atoms with Crippen LogP contribution in [-0.4, -0.2) is 29.0 Å². The molecular formula is C18H30O3. The maximum absolute atomic E-state index is 9.79. The fourth-order valence-electron chi connectivity index (χ4n) is 2.14. The molecule has 0 amide bonds. The third-order valence-electron chi connectivity index (χ3n) is 3.65. The average Bonchev–Trinajstić information content (AvgIpc) is 2.41. The minimum Gasteiger partial charge on any atom is -0.493 e. The lowest BCUT2D eigenvalue weighted by Gasteiger charge is -2.22. The van der Waals surface area contributed by atoms with Crippen LogP contribution in [-0.2, 0) is 11.8 Å². The first-order chi connectivity index (χ1) is 9.75. The largest absolute Gasteiger partial charge is 0.493 e. The molecule has 0 saturated heterocycles. The highest BCUT2D eigenvalue weighted by atomic mass is 16.5. The minimum atomic E-state index is -0.698. The van der Waals surface area contributed by atoms with Gasteiger partial charge < -0.3 is 14.9 Å². The van der Waals surface area contributed by atoms with E-state index in [2.05, 4.69) is 39.8 Å². The van der Waals surface area contributed by atoms with E-state index in [1.54, 1.807) is 6.92 Å². The molecule has 21 heavy (non-hydrogen) atoms. The van der Waals surface area contributed by atoms with Crippen LogP contribution in [0.2, 0.25) is 0 Å². The van der Waals surface area contributed by atoms with Crippen molar-refractivity contribution in [3.63, 3.8) is 0 Å². The van der Waals surface area contributed by atoms with E-state index in [0.29, 0.717) is 19.4 Å². The first-order valence-corrected chi connectivity index (χ1v) is 7.88. The summed E-state index contributed by atoms with van der Waals surface area (Å²) in [6.45, 7) is 10.9. The van der Waals surface area contributed by atoms with E-state index in [4.69, 9.17) is 4.74 Å². The Labute approximate surface area is 129 Å². The van der Waals surface area contributed by atoms with Gasteiger partial charge in [-0.2, -0.15) is 0 Å². The predicted molar refractivity (Wildman–Crippen MR) is 86.9 cm³/mol. The first-order valence-electron chi connectivity index (χ1n) is 7.88. The summed E-state index contributed by atoms with van der Waals surface area (Å²) >= 11 is 0. The summed E-state index contributed by atoms with van der Waals surface area (Å²) in [6.07, 6.45) is 0.817. The Hall–Kier alpha value is -1.06. The number of hydrogen-bond acceptors (Lipinski definition) is 3. The highest BCUT2D eigenvalue weighted by Crippen LogP contribution is 2.29. The molecule has 0 spiro atoms. The molecule has 0 saturated carbocycles. The van der Waals surface area contributed by atoms with Crippen molar-refractivity contribution in [2.75, 3.05) is 6.61 Å². The third kappa shape index (κ3) is 5.68. The summed E-state index contributed by atoms with van der Waals surface area (Å²) in [4.78, 5) is 0. The van der Waals surface area contributed by atoms with Crippen LogP contribution in [0.1, 0.15) is 58.6 Å². The second kappa shape index (κ2) is 7.81. The van der Waals surface area contributed by atoms with E-state index in [1.165, 1.54) is 5.56 Å². The topological polar surface area (TPSA) is 49.7 Å². The summed E-state index contributed by atoms with van der Waals surface area (Å²) in [5, 5.41) is 19.2. The summed E-state index contributed by atoms with van der Waals surface area (Å²) in [7, 11) is 0. The molecule has 0 fully saturated rings. The lowest BCUT2D eigenvalue weighted by Crippen LogP contribution is -2.23. The van der Waals surface area contributed by atoms with Gasteiger partial charge in [0.25, 0.3) is 0 Å². The van der Waals surface area contributed by atoms with Crippen molar-refractivity contribution in [2.24, 2.45) is 0 Å². The SMILES string of the molecule is CCCOc1ccc(C(C)(C)C)cc1CCC(O)C(C)O. The van der Waals surface area contributed by atoms with Crippen molar-refractivity contribution >= 4 is 0 Å².